The SMILES string of the molecule is CCCC(C)(O)CNc1nc(NC)ncc1[N+](=O)[O-]. The van der Waals surface area contributed by atoms with Crippen LogP contribution in [0.25, 0.3) is 0 Å². The molecule has 0 spiro atoms. The zero-order chi connectivity index (χ0) is 14.5. The van der Waals surface area contributed by atoms with E-state index in [1.807, 2.05) is 6.92 Å². The summed E-state index contributed by atoms with van der Waals surface area (Å²) in [5, 5.41) is 26.4. The Morgan fingerprint density at radius 1 is 1.58 bits per heavy atom. The molecule has 0 fully saturated rings. The van der Waals surface area contributed by atoms with Crippen LogP contribution in [0.3, 0.4) is 0 Å². The first-order valence-corrected chi connectivity index (χ1v) is 6.05. The van der Waals surface area contributed by atoms with E-state index in [2.05, 4.69) is 20.6 Å². The van der Waals surface area contributed by atoms with Gasteiger partial charge in [-0.1, -0.05) is 13.3 Å². The van der Waals surface area contributed by atoms with E-state index in [0.29, 0.717) is 6.42 Å². The Kier molecular flexibility index (Phi) is 4.99. The van der Waals surface area contributed by atoms with Crippen molar-refractivity contribution in [2.75, 3.05) is 24.2 Å². The van der Waals surface area contributed by atoms with Crippen LogP contribution in [0.2, 0.25) is 0 Å². The van der Waals surface area contributed by atoms with E-state index in [0.717, 1.165) is 12.6 Å². The normalized spacial score (nSPS) is 13.7. The van der Waals surface area contributed by atoms with Crippen LogP contribution in [0.4, 0.5) is 17.5 Å². The molecule has 0 aliphatic rings. The van der Waals surface area contributed by atoms with Crippen LogP contribution >= 0.6 is 0 Å². The number of nitrogens with one attached hydrogen (secondary N) is 2. The molecule has 1 rings (SSSR count). The van der Waals surface area contributed by atoms with Gasteiger partial charge in [0.2, 0.25) is 11.8 Å². The third-order valence-electron chi connectivity index (χ3n) is 2.61. The quantitative estimate of drug-likeness (QED) is 0.506. The molecule has 1 atom stereocenters. The van der Waals surface area contributed by atoms with Gasteiger partial charge in [-0.25, -0.2) is 4.98 Å². The molecular weight excluding hydrogens is 250 g/mol. The molecule has 8 heteroatoms. The van der Waals surface area contributed by atoms with Gasteiger partial charge in [0.1, 0.15) is 6.20 Å². The number of aliphatic hydroxyl groups is 1. The van der Waals surface area contributed by atoms with Gasteiger partial charge >= 0.3 is 5.69 Å². The highest BCUT2D eigenvalue weighted by Gasteiger charge is 2.22. The van der Waals surface area contributed by atoms with E-state index in [1.54, 1.807) is 14.0 Å². The lowest BCUT2D eigenvalue weighted by atomic mass is 10.0. The fourth-order valence-corrected chi connectivity index (χ4v) is 1.66. The Hall–Kier alpha value is -1.96. The summed E-state index contributed by atoms with van der Waals surface area (Å²) in [7, 11) is 1.62. The van der Waals surface area contributed by atoms with Gasteiger partial charge in [-0.2, -0.15) is 4.98 Å². The van der Waals surface area contributed by atoms with Crippen LogP contribution in [-0.2, 0) is 0 Å². The summed E-state index contributed by atoms with van der Waals surface area (Å²) in [4.78, 5) is 18.1. The Morgan fingerprint density at radius 2 is 2.26 bits per heavy atom. The van der Waals surface area contributed by atoms with E-state index in [9.17, 15) is 15.2 Å². The van der Waals surface area contributed by atoms with Crippen molar-refractivity contribution in [3.8, 4) is 0 Å². The molecule has 106 valence electrons. The van der Waals surface area contributed by atoms with Crippen molar-refractivity contribution in [2.45, 2.75) is 32.3 Å². The van der Waals surface area contributed by atoms with Crippen LogP contribution in [0.5, 0.6) is 0 Å². The molecule has 0 bridgehead atoms. The average Bonchev–Trinajstić information content (AvgIpc) is 2.35. The monoisotopic (exact) mass is 269 g/mol. The molecule has 1 unspecified atom stereocenters. The zero-order valence-electron chi connectivity index (χ0n) is 11.3. The minimum absolute atomic E-state index is 0.0979. The van der Waals surface area contributed by atoms with Crippen LogP contribution in [0.15, 0.2) is 6.20 Å². The molecule has 1 heterocycles. The lowest BCUT2D eigenvalue weighted by Gasteiger charge is -2.23. The maximum atomic E-state index is 10.9. The van der Waals surface area contributed by atoms with Gasteiger partial charge in [0.15, 0.2) is 0 Å². The smallest absolute Gasteiger partial charge is 0.329 e. The molecule has 1 aromatic heterocycles. The predicted octanol–water partition coefficient (Wildman–Crippen LogP) is 1.39. The van der Waals surface area contributed by atoms with Gasteiger partial charge in [0.25, 0.3) is 0 Å². The summed E-state index contributed by atoms with van der Waals surface area (Å²) in [6.45, 7) is 3.82. The van der Waals surface area contributed by atoms with Crippen molar-refractivity contribution in [3.05, 3.63) is 16.3 Å². The second-order valence-corrected chi connectivity index (χ2v) is 4.54. The van der Waals surface area contributed by atoms with Gasteiger partial charge in [0, 0.05) is 13.6 Å². The molecule has 0 aliphatic carbocycles. The lowest BCUT2D eigenvalue weighted by molar-refractivity contribution is -0.384. The number of rotatable bonds is 7. The van der Waals surface area contributed by atoms with Gasteiger partial charge < -0.3 is 15.7 Å². The largest absolute Gasteiger partial charge is 0.388 e. The molecule has 0 saturated heterocycles. The molecule has 3 N–H and O–H groups in total. The first-order valence-electron chi connectivity index (χ1n) is 6.05. The Balaban J connectivity index is 2.89. The second kappa shape index (κ2) is 6.28. The van der Waals surface area contributed by atoms with E-state index in [1.165, 1.54) is 0 Å². The van der Waals surface area contributed by atoms with Crippen LogP contribution in [0, 0.1) is 10.1 Å². The maximum Gasteiger partial charge on any atom is 0.329 e. The number of nitrogens with zero attached hydrogens (tertiary/aromatic N) is 3. The average molecular weight is 269 g/mol. The third kappa shape index (κ3) is 4.32. The summed E-state index contributed by atoms with van der Waals surface area (Å²) in [6, 6.07) is 0. The molecule has 0 amide bonds. The van der Waals surface area contributed by atoms with Crippen LogP contribution in [0.1, 0.15) is 26.7 Å². The lowest BCUT2D eigenvalue weighted by Crippen LogP contribution is -2.33. The number of hydrogen-bond donors (Lipinski definition) is 3. The number of aromatic nitrogens is 2. The summed E-state index contributed by atoms with van der Waals surface area (Å²) >= 11 is 0. The van der Waals surface area contributed by atoms with Crippen molar-refractivity contribution < 1.29 is 10.0 Å². The minimum atomic E-state index is -0.937. The molecule has 0 saturated carbocycles. The summed E-state index contributed by atoms with van der Waals surface area (Å²) in [5.41, 5.74) is -1.15. The van der Waals surface area contributed by atoms with Gasteiger partial charge in [0.05, 0.1) is 10.5 Å². The van der Waals surface area contributed by atoms with E-state index >= 15 is 0 Å². The highest BCUT2D eigenvalue weighted by Crippen LogP contribution is 2.23. The van der Waals surface area contributed by atoms with Crippen molar-refractivity contribution in [1.29, 1.82) is 0 Å². The summed E-state index contributed by atoms with van der Waals surface area (Å²) in [6.07, 6.45) is 2.55. The van der Waals surface area contributed by atoms with Crippen LogP contribution < -0.4 is 10.6 Å². The first kappa shape index (κ1) is 15.1. The number of hydrogen-bond acceptors (Lipinski definition) is 7. The van der Waals surface area contributed by atoms with E-state index in [-0.39, 0.29) is 24.0 Å². The topological polar surface area (TPSA) is 113 Å². The van der Waals surface area contributed by atoms with E-state index < -0.39 is 10.5 Å². The number of nitro groups is 1. The molecular formula is C11H19N5O3. The van der Waals surface area contributed by atoms with Crippen molar-refractivity contribution in [2.24, 2.45) is 0 Å². The first-order chi connectivity index (χ1) is 8.89. The predicted molar refractivity (Wildman–Crippen MR) is 72.3 cm³/mol. The fourth-order valence-electron chi connectivity index (χ4n) is 1.66. The second-order valence-electron chi connectivity index (χ2n) is 4.54. The zero-order valence-corrected chi connectivity index (χ0v) is 11.3. The standard InChI is InChI=1S/C11H19N5O3/c1-4-5-11(2,17)7-14-9-8(16(18)19)6-13-10(12-3)15-9/h6,17H,4-5,7H2,1-3H3,(H2,12,13,14,15). The van der Waals surface area contributed by atoms with Crippen molar-refractivity contribution in [1.82, 2.24) is 9.97 Å². The fraction of sp³-hybridized carbons (Fsp3) is 0.636. The van der Waals surface area contributed by atoms with Crippen molar-refractivity contribution in [3.63, 3.8) is 0 Å². The summed E-state index contributed by atoms with van der Waals surface area (Å²) in [5.74, 6) is 0.379. The van der Waals surface area contributed by atoms with Gasteiger partial charge in [-0.3, -0.25) is 10.1 Å². The molecule has 19 heavy (non-hydrogen) atoms. The van der Waals surface area contributed by atoms with Gasteiger partial charge in [-0.15, -0.1) is 0 Å². The molecule has 1 aromatic rings. The van der Waals surface area contributed by atoms with Crippen LogP contribution in [-0.4, -0.2) is 39.2 Å². The Labute approximate surface area is 111 Å². The molecule has 0 radical (unpaired) electrons. The van der Waals surface area contributed by atoms with E-state index in [4.69, 9.17) is 0 Å². The molecule has 0 aromatic carbocycles. The number of anilines is 2. The van der Waals surface area contributed by atoms with Crippen molar-refractivity contribution >= 4 is 17.5 Å². The van der Waals surface area contributed by atoms with Gasteiger partial charge in [-0.05, 0) is 13.3 Å². The third-order valence-corrected chi connectivity index (χ3v) is 2.61. The Bertz CT molecular complexity index is 450. The highest BCUT2D eigenvalue weighted by molar-refractivity contribution is 5.57. The maximum absolute atomic E-state index is 10.9. The highest BCUT2D eigenvalue weighted by atomic mass is 16.6. The summed E-state index contributed by atoms with van der Waals surface area (Å²) < 4.78 is 0. The minimum Gasteiger partial charge on any atom is -0.388 e. The molecule has 8 nitrogen and oxygen atoms in total. The molecule has 0 aliphatic heterocycles. The Morgan fingerprint density at radius 3 is 2.79 bits per heavy atom.